The summed E-state index contributed by atoms with van der Waals surface area (Å²) in [4.78, 5) is 16.7. The molecule has 2 N–H and O–H groups in total. The first-order valence-electron chi connectivity index (χ1n) is 12.0. The van der Waals surface area contributed by atoms with E-state index in [4.69, 9.17) is 9.47 Å². The van der Waals surface area contributed by atoms with Gasteiger partial charge in [-0.05, 0) is 46.1 Å². The topological polar surface area (TPSA) is 136 Å². The fraction of sp³-hybridized carbons (Fsp3) is 0.259. The number of hydrogen-bond donors (Lipinski definition) is 2. The number of aliphatic hydroxyl groups excluding tert-OH is 1. The van der Waals surface area contributed by atoms with Gasteiger partial charge in [0.1, 0.15) is 19.5 Å². The zero-order valence-electron chi connectivity index (χ0n) is 21.6. The maximum atomic E-state index is 13.3. The molecule has 0 fully saturated rings. The Balaban J connectivity index is 0.00000441. The van der Waals surface area contributed by atoms with E-state index in [0.717, 1.165) is 15.6 Å². The molecule has 4 rings (SSSR count). The van der Waals surface area contributed by atoms with E-state index in [9.17, 15) is 13.5 Å². The molecule has 13 heteroatoms. The zero-order chi connectivity index (χ0) is 28.0. The SMILES string of the molecule is Cc1ccc(-c2c(NS(=O)(=O)c3ccc(C(C)(C)CO)cc3)ncnc2OCCOc2ncc(Br)cn2)cc1.[NaH]. The Labute approximate surface area is 264 Å². The van der Waals surface area contributed by atoms with E-state index in [-0.39, 0.29) is 72.0 Å². The average Bonchev–Trinajstić information content (AvgIpc) is 2.93. The van der Waals surface area contributed by atoms with Gasteiger partial charge in [-0.2, -0.15) is 0 Å². The number of aryl methyl sites for hydroxylation is 1. The number of ether oxygens (including phenoxy) is 2. The summed E-state index contributed by atoms with van der Waals surface area (Å²) in [5.41, 5.74) is 2.41. The normalized spacial score (nSPS) is 11.4. The molecule has 40 heavy (non-hydrogen) atoms. The fourth-order valence-electron chi connectivity index (χ4n) is 3.55. The number of benzene rings is 2. The van der Waals surface area contributed by atoms with Crippen molar-refractivity contribution in [2.45, 2.75) is 31.1 Å². The molecule has 2 heterocycles. The summed E-state index contributed by atoms with van der Waals surface area (Å²) in [7, 11) is -4.01. The zero-order valence-corrected chi connectivity index (χ0v) is 24.0. The van der Waals surface area contributed by atoms with Crippen LogP contribution in [0.5, 0.6) is 11.9 Å². The Morgan fingerprint density at radius 3 is 2.17 bits per heavy atom. The first-order chi connectivity index (χ1) is 18.6. The number of aromatic nitrogens is 4. The van der Waals surface area contributed by atoms with Crippen molar-refractivity contribution in [3.05, 3.63) is 82.9 Å². The van der Waals surface area contributed by atoms with Gasteiger partial charge in [0.05, 0.1) is 21.5 Å². The second kappa shape index (κ2) is 13.8. The first-order valence-corrected chi connectivity index (χ1v) is 14.3. The number of rotatable bonds is 11. The minimum atomic E-state index is -4.01. The van der Waals surface area contributed by atoms with E-state index < -0.39 is 15.4 Å². The molecule has 206 valence electrons. The van der Waals surface area contributed by atoms with Crippen LogP contribution in [0.2, 0.25) is 0 Å². The number of aliphatic hydroxyl groups is 1. The number of hydrogen-bond acceptors (Lipinski definition) is 9. The Kier molecular flexibility index (Phi) is 11.0. The molecule has 0 aliphatic carbocycles. The summed E-state index contributed by atoms with van der Waals surface area (Å²) >= 11 is 3.27. The van der Waals surface area contributed by atoms with Crippen molar-refractivity contribution in [1.82, 2.24) is 19.9 Å². The van der Waals surface area contributed by atoms with Crippen molar-refractivity contribution in [2.75, 3.05) is 24.5 Å². The van der Waals surface area contributed by atoms with Crippen LogP contribution in [-0.4, -0.2) is 82.8 Å². The van der Waals surface area contributed by atoms with Gasteiger partial charge >= 0.3 is 35.6 Å². The molecule has 0 aliphatic heterocycles. The monoisotopic (exact) mass is 637 g/mol. The molecule has 0 saturated carbocycles. The van der Waals surface area contributed by atoms with E-state index in [0.29, 0.717) is 11.1 Å². The number of nitrogens with zero attached hydrogens (tertiary/aromatic N) is 4. The molecule has 0 radical (unpaired) electrons. The summed E-state index contributed by atoms with van der Waals surface area (Å²) in [6.07, 6.45) is 4.38. The van der Waals surface area contributed by atoms with Crippen molar-refractivity contribution in [3.63, 3.8) is 0 Å². The summed E-state index contributed by atoms with van der Waals surface area (Å²) in [6.45, 7) is 5.88. The summed E-state index contributed by atoms with van der Waals surface area (Å²) in [6, 6.07) is 14.1. The molecular formula is C27H29BrN5NaO5S. The Morgan fingerprint density at radius 1 is 0.925 bits per heavy atom. The number of nitrogens with one attached hydrogen (secondary N) is 1. The van der Waals surface area contributed by atoms with Crippen LogP contribution in [0.3, 0.4) is 0 Å². The van der Waals surface area contributed by atoms with Gasteiger partial charge in [0.2, 0.25) is 5.88 Å². The van der Waals surface area contributed by atoms with Crippen LogP contribution >= 0.6 is 15.9 Å². The van der Waals surface area contributed by atoms with E-state index in [2.05, 4.69) is 40.6 Å². The van der Waals surface area contributed by atoms with Gasteiger partial charge in [0, 0.05) is 17.8 Å². The quantitative estimate of drug-likeness (QED) is 0.185. The molecule has 0 bridgehead atoms. The molecule has 0 aliphatic rings. The molecule has 2 aromatic heterocycles. The molecule has 4 aromatic rings. The van der Waals surface area contributed by atoms with Crippen LogP contribution in [0.1, 0.15) is 25.0 Å². The van der Waals surface area contributed by atoms with Gasteiger partial charge in [-0.15, -0.1) is 0 Å². The molecule has 10 nitrogen and oxygen atoms in total. The van der Waals surface area contributed by atoms with Crippen molar-refractivity contribution in [2.24, 2.45) is 0 Å². The maximum absolute atomic E-state index is 13.3. The van der Waals surface area contributed by atoms with Crippen molar-refractivity contribution in [3.8, 4) is 23.0 Å². The third kappa shape index (κ3) is 7.99. The molecule has 2 aromatic carbocycles. The van der Waals surface area contributed by atoms with E-state index >= 15 is 0 Å². The van der Waals surface area contributed by atoms with Gasteiger partial charge in [0.15, 0.2) is 5.82 Å². The third-order valence-electron chi connectivity index (χ3n) is 5.88. The molecule has 0 saturated heterocycles. The molecule has 0 unspecified atom stereocenters. The summed E-state index contributed by atoms with van der Waals surface area (Å²) in [5.74, 6) is 0.257. The standard InChI is InChI=1S/C27H28BrN5O5S.Na.H/c1-18-4-6-19(7-5-18)23-24(33-39(35,36)22-10-8-20(9-11-22)27(2,3)16-34)31-17-32-25(23)37-12-13-38-26-29-14-21(28)15-30-26;;/h4-11,14-15,17,34H,12-13,16H2,1-3H3,(H,31,32,33);;. The summed E-state index contributed by atoms with van der Waals surface area (Å²) in [5, 5.41) is 9.63. The second-order valence-electron chi connectivity index (χ2n) is 9.32. The fourth-order valence-corrected chi connectivity index (χ4v) is 4.77. The minimum absolute atomic E-state index is 0. The van der Waals surface area contributed by atoms with Crippen LogP contribution in [0.4, 0.5) is 5.82 Å². The van der Waals surface area contributed by atoms with Gasteiger partial charge < -0.3 is 14.6 Å². The number of anilines is 1. The van der Waals surface area contributed by atoms with E-state index in [1.807, 2.05) is 45.0 Å². The van der Waals surface area contributed by atoms with Crippen LogP contribution in [0.15, 0.2) is 76.6 Å². The Morgan fingerprint density at radius 2 is 1.55 bits per heavy atom. The Bertz CT molecular complexity index is 1520. The van der Waals surface area contributed by atoms with Gasteiger partial charge in [-0.1, -0.05) is 55.8 Å². The molecule has 0 atom stereocenters. The average molecular weight is 639 g/mol. The van der Waals surface area contributed by atoms with Gasteiger partial charge in [-0.3, -0.25) is 4.72 Å². The van der Waals surface area contributed by atoms with Crippen molar-refractivity contribution in [1.29, 1.82) is 0 Å². The predicted octanol–water partition coefficient (Wildman–Crippen LogP) is 3.88. The number of halogens is 1. The van der Waals surface area contributed by atoms with E-state index in [1.54, 1.807) is 24.5 Å². The predicted molar refractivity (Wildman–Crippen MR) is 157 cm³/mol. The molecule has 0 spiro atoms. The van der Waals surface area contributed by atoms with E-state index in [1.165, 1.54) is 18.5 Å². The van der Waals surface area contributed by atoms with Crippen LogP contribution in [0, 0.1) is 6.92 Å². The molecule has 0 amide bonds. The van der Waals surface area contributed by atoms with Gasteiger partial charge in [0.25, 0.3) is 10.0 Å². The summed E-state index contributed by atoms with van der Waals surface area (Å²) < 4.78 is 41.4. The van der Waals surface area contributed by atoms with Crippen LogP contribution in [0.25, 0.3) is 11.1 Å². The third-order valence-corrected chi connectivity index (χ3v) is 7.64. The van der Waals surface area contributed by atoms with Crippen LogP contribution in [-0.2, 0) is 15.4 Å². The number of sulfonamides is 1. The first kappa shape index (κ1) is 31.9. The second-order valence-corrected chi connectivity index (χ2v) is 11.9. The van der Waals surface area contributed by atoms with Gasteiger partial charge in [-0.25, -0.2) is 28.4 Å². The van der Waals surface area contributed by atoms with Crippen molar-refractivity contribution >= 4 is 61.3 Å². The molecular weight excluding hydrogens is 609 g/mol. The Hall–Kier alpha value is -2.61. The van der Waals surface area contributed by atoms with Crippen molar-refractivity contribution < 1.29 is 23.0 Å². The van der Waals surface area contributed by atoms with Crippen LogP contribution < -0.4 is 14.2 Å².